The molecule has 0 aromatic heterocycles. The van der Waals surface area contributed by atoms with Gasteiger partial charge in [-0.25, -0.2) is 0 Å². The normalized spacial score (nSPS) is 14.2. The molecule has 5 heteroatoms. The van der Waals surface area contributed by atoms with Gasteiger partial charge in [-0.3, -0.25) is 0 Å². The maximum atomic E-state index is 9.59. The fraction of sp³-hybridized carbons (Fsp3) is 1.00. The van der Waals surface area contributed by atoms with E-state index >= 15 is 0 Å². The Labute approximate surface area is 90.0 Å². The smallest absolute Gasteiger partial charge is 0.0548 e. The Morgan fingerprint density at radius 1 is 0.867 bits per heavy atom. The van der Waals surface area contributed by atoms with E-state index in [0.717, 1.165) is 0 Å². The number of aliphatic hydroxyl groups excluding tert-OH is 5. The summed E-state index contributed by atoms with van der Waals surface area (Å²) in [5.74, 6) is 0. The van der Waals surface area contributed by atoms with Crippen molar-refractivity contribution < 1.29 is 25.5 Å². The van der Waals surface area contributed by atoms with Crippen LogP contribution in [0.2, 0.25) is 0 Å². The van der Waals surface area contributed by atoms with Crippen molar-refractivity contribution in [1.82, 2.24) is 0 Å². The van der Waals surface area contributed by atoms with Crippen LogP contribution in [0.3, 0.4) is 0 Å². The van der Waals surface area contributed by atoms with E-state index in [-0.39, 0.29) is 32.8 Å². The van der Waals surface area contributed by atoms with Gasteiger partial charge in [0.05, 0.1) is 25.9 Å². The second-order valence-corrected chi connectivity index (χ2v) is 4.05. The largest absolute Gasteiger partial charge is 0.396 e. The lowest BCUT2D eigenvalue weighted by Crippen LogP contribution is -2.37. The van der Waals surface area contributed by atoms with Crippen molar-refractivity contribution in [3.63, 3.8) is 0 Å². The maximum absolute atomic E-state index is 9.59. The Balaban J connectivity index is 3.94. The molecule has 5 N–H and O–H groups in total. The summed E-state index contributed by atoms with van der Waals surface area (Å²) >= 11 is 0. The SMILES string of the molecule is OCCCCC(O)CC(CO)(CO)CO. The Kier molecular flexibility index (Phi) is 7.90. The molecule has 0 aliphatic carbocycles. The minimum absolute atomic E-state index is 0.0951. The first-order valence-electron chi connectivity index (χ1n) is 5.25. The molecular formula is C10H22O5. The molecule has 0 saturated carbocycles. The maximum Gasteiger partial charge on any atom is 0.0548 e. The summed E-state index contributed by atoms with van der Waals surface area (Å²) < 4.78 is 0. The van der Waals surface area contributed by atoms with Crippen LogP contribution in [-0.4, -0.2) is 58.1 Å². The minimum atomic E-state index is -1.00. The van der Waals surface area contributed by atoms with Crippen LogP contribution in [0.5, 0.6) is 0 Å². The molecule has 0 saturated heterocycles. The first-order chi connectivity index (χ1) is 7.14. The fourth-order valence-corrected chi connectivity index (χ4v) is 1.44. The van der Waals surface area contributed by atoms with Gasteiger partial charge in [0.1, 0.15) is 0 Å². The topological polar surface area (TPSA) is 101 Å². The Morgan fingerprint density at radius 2 is 1.40 bits per heavy atom. The number of aliphatic hydroxyl groups is 5. The van der Waals surface area contributed by atoms with Crippen molar-refractivity contribution in [2.24, 2.45) is 5.41 Å². The zero-order valence-corrected chi connectivity index (χ0v) is 8.97. The molecule has 0 spiro atoms. The quantitative estimate of drug-likeness (QED) is 0.318. The predicted molar refractivity (Wildman–Crippen MR) is 55.3 cm³/mol. The van der Waals surface area contributed by atoms with Crippen LogP contribution in [0.25, 0.3) is 0 Å². The molecule has 0 rings (SSSR count). The van der Waals surface area contributed by atoms with Gasteiger partial charge in [-0.15, -0.1) is 0 Å². The van der Waals surface area contributed by atoms with Gasteiger partial charge in [-0.05, 0) is 25.7 Å². The summed E-state index contributed by atoms with van der Waals surface area (Å²) in [6, 6.07) is 0. The first-order valence-corrected chi connectivity index (χ1v) is 5.25. The van der Waals surface area contributed by atoms with Gasteiger partial charge in [0.25, 0.3) is 0 Å². The summed E-state index contributed by atoms with van der Waals surface area (Å²) in [5, 5.41) is 45.2. The highest BCUT2D eigenvalue weighted by atomic mass is 16.3. The van der Waals surface area contributed by atoms with Crippen LogP contribution < -0.4 is 0 Å². The van der Waals surface area contributed by atoms with Crippen LogP contribution in [0.1, 0.15) is 25.7 Å². The third kappa shape index (κ3) is 5.44. The van der Waals surface area contributed by atoms with E-state index in [1.54, 1.807) is 0 Å². The minimum Gasteiger partial charge on any atom is -0.396 e. The first kappa shape index (κ1) is 14.8. The van der Waals surface area contributed by atoms with Gasteiger partial charge in [-0.1, -0.05) is 0 Å². The predicted octanol–water partition coefficient (Wildman–Crippen LogP) is -1.14. The zero-order valence-electron chi connectivity index (χ0n) is 8.97. The molecule has 1 unspecified atom stereocenters. The summed E-state index contributed by atoms with van der Waals surface area (Å²) in [5.41, 5.74) is -1.00. The second kappa shape index (κ2) is 8.01. The summed E-state index contributed by atoms with van der Waals surface area (Å²) in [4.78, 5) is 0. The van der Waals surface area contributed by atoms with Crippen molar-refractivity contribution >= 4 is 0 Å². The molecule has 0 fully saturated rings. The average Bonchev–Trinajstić information content (AvgIpc) is 2.26. The van der Waals surface area contributed by atoms with Crippen molar-refractivity contribution in [2.75, 3.05) is 26.4 Å². The van der Waals surface area contributed by atoms with Crippen LogP contribution in [0, 0.1) is 5.41 Å². The number of hydrogen-bond acceptors (Lipinski definition) is 5. The van der Waals surface area contributed by atoms with Crippen LogP contribution in [-0.2, 0) is 0 Å². The molecule has 92 valence electrons. The van der Waals surface area contributed by atoms with Gasteiger partial charge < -0.3 is 25.5 Å². The lowest BCUT2D eigenvalue weighted by Gasteiger charge is -2.29. The van der Waals surface area contributed by atoms with Crippen LogP contribution in [0.4, 0.5) is 0 Å². The average molecular weight is 222 g/mol. The molecule has 0 bridgehead atoms. The lowest BCUT2D eigenvalue weighted by atomic mass is 9.83. The highest BCUT2D eigenvalue weighted by molar-refractivity contribution is 4.80. The van der Waals surface area contributed by atoms with Crippen molar-refractivity contribution in [2.45, 2.75) is 31.8 Å². The third-order valence-electron chi connectivity index (χ3n) is 2.62. The molecule has 1 atom stereocenters. The van der Waals surface area contributed by atoms with Gasteiger partial charge in [-0.2, -0.15) is 0 Å². The number of rotatable bonds is 9. The summed E-state index contributed by atoms with van der Waals surface area (Å²) in [7, 11) is 0. The fourth-order valence-electron chi connectivity index (χ4n) is 1.44. The van der Waals surface area contributed by atoms with E-state index in [1.807, 2.05) is 0 Å². The summed E-state index contributed by atoms with van der Waals surface area (Å²) in [6.07, 6.45) is 1.32. The second-order valence-electron chi connectivity index (χ2n) is 4.05. The molecule has 5 nitrogen and oxygen atoms in total. The Bertz CT molecular complexity index is 138. The van der Waals surface area contributed by atoms with E-state index < -0.39 is 11.5 Å². The van der Waals surface area contributed by atoms with Crippen LogP contribution in [0.15, 0.2) is 0 Å². The molecule has 0 radical (unpaired) electrons. The van der Waals surface area contributed by atoms with Crippen molar-refractivity contribution in [3.05, 3.63) is 0 Å². The van der Waals surface area contributed by atoms with E-state index in [4.69, 9.17) is 20.4 Å². The van der Waals surface area contributed by atoms with Gasteiger partial charge >= 0.3 is 0 Å². The third-order valence-corrected chi connectivity index (χ3v) is 2.62. The molecule has 0 aromatic rings. The van der Waals surface area contributed by atoms with E-state index in [1.165, 1.54) is 0 Å². The Hall–Kier alpha value is -0.200. The monoisotopic (exact) mass is 222 g/mol. The summed E-state index contributed by atoms with van der Waals surface area (Å²) in [6.45, 7) is -0.955. The van der Waals surface area contributed by atoms with Gasteiger partial charge in [0.2, 0.25) is 0 Å². The van der Waals surface area contributed by atoms with Crippen molar-refractivity contribution in [3.8, 4) is 0 Å². The molecule has 15 heavy (non-hydrogen) atoms. The van der Waals surface area contributed by atoms with E-state index in [9.17, 15) is 5.11 Å². The van der Waals surface area contributed by atoms with Crippen molar-refractivity contribution in [1.29, 1.82) is 0 Å². The van der Waals surface area contributed by atoms with Crippen LogP contribution >= 0.6 is 0 Å². The molecular weight excluding hydrogens is 200 g/mol. The standard InChI is InChI=1S/C10H22O5/c11-4-2-1-3-9(15)5-10(6-12,7-13)8-14/h9,11-15H,1-8H2. The highest BCUT2D eigenvalue weighted by Crippen LogP contribution is 2.24. The van der Waals surface area contributed by atoms with Gasteiger partial charge in [0.15, 0.2) is 0 Å². The molecule has 0 aromatic carbocycles. The Morgan fingerprint density at radius 3 is 1.80 bits per heavy atom. The van der Waals surface area contributed by atoms with Gasteiger partial charge in [0, 0.05) is 12.0 Å². The number of hydrogen-bond donors (Lipinski definition) is 5. The van der Waals surface area contributed by atoms with E-state index in [0.29, 0.717) is 19.3 Å². The molecule has 0 aliphatic heterocycles. The molecule has 0 aliphatic rings. The molecule has 0 amide bonds. The molecule has 0 heterocycles. The lowest BCUT2D eigenvalue weighted by molar-refractivity contribution is -0.0320. The number of unbranched alkanes of at least 4 members (excludes halogenated alkanes) is 1. The highest BCUT2D eigenvalue weighted by Gasteiger charge is 2.30. The zero-order chi connectivity index (χ0) is 11.7. The van der Waals surface area contributed by atoms with E-state index in [2.05, 4.69) is 0 Å².